The van der Waals surface area contributed by atoms with E-state index in [-0.39, 0.29) is 0 Å². The molecule has 0 unspecified atom stereocenters. The van der Waals surface area contributed by atoms with Crippen LogP contribution in [0.25, 0.3) is 0 Å². The van der Waals surface area contributed by atoms with Gasteiger partial charge in [-0.2, -0.15) is 0 Å². The minimum atomic E-state index is 0.682. The van der Waals surface area contributed by atoms with Crippen molar-refractivity contribution in [3.05, 3.63) is 23.5 Å². The van der Waals surface area contributed by atoms with E-state index in [1.165, 1.54) is 17.7 Å². The van der Waals surface area contributed by atoms with E-state index in [0.29, 0.717) is 6.04 Å². The Balaban J connectivity index is 2.30. The van der Waals surface area contributed by atoms with Gasteiger partial charge in [-0.05, 0) is 25.6 Å². The lowest BCUT2D eigenvalue weighted by Gasteiger charge is -2.29. The molecule has 0 saturated carbocycles. The summed E-state index contributed by atoms with van der Waals surface area (Å²) in [6.07, 6.45) is 3.20. The van der Waals surface area contributed by atoms with E-state index in [0.717, 1.165) is 6.54 Å². The number of hydrogen-bond acceptors (Lipinski definition) is 1. The summed E-state index contributed by atoms with van der Waals surface area (Å²) in [5, 5.41) is 0. The van der Waals surface area contributed by atoms with Gasteiger partial charge in [0.1, 0.15) is 0 Å². The fourth-order valence-electron chi connectivity index (χ4n) is 1.65. The van der Waals surface area contributed by atoms with Gasteiger partial charge in [0.05, 0.1) is 0 Å². The van der Waals surface area contributed by atoms with Crippen LogP contribution in [0.2, 0.25) is 0 Å². The van der Waals surface area contributed by atoms with Gasteiger partial charge in [-0.1, -0.05) is 0 Å². The van der Waals surface area contributed by atoms with Crippen LogP contribution < -0.4 is 0 Å². The summed E-state index contributed by atoms with van der Waals surface area (Å²) in [7, 11) is 2.18. The lowest BCUT2D eigenvalue weighted by atomic mass is 10.0. The standard InChI is InChI=1S/C9H14N2/c1-7-5-9-8(3-4-10-9)6-11(7)2/h3-4,7,10H,5-6H2,1-2H3/t7-/m1/s1. The molecule has 11 heavy (non-hydrogen) atoms. The summed E-state index contributed by atoms with van der Waals surface area (Å²) in [5.41, 5.74) is 2.89. The third-order valence-corrected chi connectivity index (χ3v) is 2.60. The summed E-state index contributed by atoms with van der Waals surface area (Å²) in [5.74, 6) is 0. The molecule has 0 amide bonds. The lowest BCUT2D eigenvalue weighted by Crippen LogP contribution is -2.34. The molecule has 2 heterocycles. The topological polar surface area (TPSA) is 19.0 Å². The van der Waals surface area contributed by atoms with Crippen LogP contribution in [0.15, 0.2) is 12.3 Å². The van der Waals surface area contributed by atoms with Crippen molar-refractivity contribution < 1.29 is 0 Å². The molecular weight excluding hydrogens is 136 g/mol. The molecule has 0 radical (unpaired) electrons. The summed E-state index contributed by atoms with van der Waals surface area (Å²) in [6.45, 7) is 3.36. The molecule has 1 aromatic heterocycles. The van der Waals surface area contributed by atoms with Gasteiger partial charge in [0.2, 0.25) is 0 Å². The van der Waals surface area contributed by atoms with Crippen molar-refractivity contribution in [2.45, 2.75) is 25.9 Å². The molecule has 0 spiro atoms. The Morgan fingerprint density at radius 3 is 3.27 bits per heavy atom. The molecule has 0 bridgehead atoms. The zero-order valence-corrected chi connectivity index (χ0v) is 7.09. The van der Waals surface area contributed by atoms with Gasteiger partial charge in [-0.15, -0.1) is 0 Å². The Kier molecular flexibility index (Phi) is 1.50. The average molecular weight is 150 g/mol. The third-order valence-electron chi connectivity index (χ3n) is 2.60. The van der Waals surface area contributed by atoms with Gasteiger partial charge in [0.25, 0.3) is 0 Å². The molecule has 0 aliphatic carbocycles. The molecule has 2 heteroatoms. The Bertz CT molecular complexity index is 227. The predicted molar refractivity (Wildman–Crippen MR) is 45.4 cm³/mol. The number of H-pyrrole nitrogens is 1. The molecule has 1 aliphatic rings. The van der Waals surface area contributed by atoms with Gasteiger partial charge < -0.3 is 4.98 Å². The monoisotopic (exact) mass is 150 g/mol. The van der Waals surface area contributed by atoms with Crippen LogP contribution in [-0.2, 0) is 13.0 Å². The minimum absolute atomic E-state index is 0.682. The highest BCUT2D eigenvalue weighted by molar-refractivity contribution is 5.23. The van der Waals surface area contributed by atoms with Crippen molar-refractivity contribution in [2.75, 3.05) is 7.05 Å². The molecule has 0 aromatic carbocycles. The Hall–Kier alpha value is -0.760. The molecule has 1 N–H and O–H groups in total. The van der Waals surface area contributed by atoms with Crippen LogP contribution in [0, 0.1) is 0 Å². The maximum absolute atomic E-state index is 3.28. The van der Waals surface area contributed by atoms with E-state index >= 15 is 0 Å². The zero-order valence-electron chi connectivity index (χ0n) is 7.09. The van der Waals surface area contributed by atoms with E-state index in [9.17, 15) is 0 Å². The number of rotatable bonds is 0. The molecule has 2 nitrogen and oxygen atoms in total. The van der Waals surface area contributed by atoms with E-state index in [1.54, 1.807) is 0 Å². The van der Waals surface area contributed by atoms with Crippen LogP contribution in [0.3, 0.4) is 0 Å². The molecule has 60 valence electrons. The first-order valence-electron chi connectivity index (χ1n) is 4.13. The second-order valence-electron chi connectivity index (χ2n) is 3.45. The fourth-order valence-corrected chi connectivity index (χ4v) is 1.65. The minimum Gasteiger partial charge on any atom is -0.365 e. The SMILES string of the molecule is C[C@@H]1Cc2[nH]ccc2CN1C. The van der Waals surface area contributed by atoms with Crippen molar-refractivity contribution in [3.8, 4) is 0 Å². The largest absolute Gasteiger partial charge is 0.365 e. The molecule has 1 aromatic rings. The first kappa shape index (κ1) is 6.92. The van der Waals surface area contributed by atoms with E-state index < -0.39 is 0 Å². The Labute approximate surface area is 67.2 Å². The van der Waals surface area contributed by atoms with Crippen molar-refractivity contribution >= 4 is 0 Å². The molecule has 1 atom stereocenters. The van der Waals surface area contributed by atoms with Crippen molar-refractivity contribution in [1.29, 1.82) is 0 Å². The second-order valence-corrected chi connectivity index (χ2v) is 3.45. The molecular formula is C9H14N2. The highest BCUT2D eigenvalue weighted by Gasteiger charge is 2.19. The number of aromatic nitrogens is 1. The molecule has 0 fully saturated rings. The third kappa shape index (κ3) is 1.07. The van der Waals surface area contributed by atoms with Crippen LogP contribution in [0.1, 0.15) is 18.2 Å². The normalized spacial score (nSPS) is 25.1. The fraction of sp³-hybridized carbons (Fsp3) is 0.556. The van der Waals surface area contributed by atoms with Gasteiger partial charge in [0, 0.05) is 30.9 Å². The van der Waals surface area contributed by atoms with Crippen LogP contribution >= 0.6 is 0 Å². The van der Waals surface area contributed by atoms with Crippen molar-refractivity contribution in [3.63, 3.8) is 0 Å². The molecule has 2 rings (SSSR count). The number of aromatic amines is 1. The molecule has 1 aliphatic heterocycles. The van der Waals surface area contributed by atoms with Gasteiger partial charge in [-0.3, -0.25) is 4.90 Å². The number of nitrogens with zero attached hydrogens (tertiary/aromatic N) is 1. The Morgan fingerprint density at radius 1 is 1.64 bits per heavy atom. The van der Waals surface area contributed by atoms with Crippen LogP contribution in [0.5, 0.6) is 0 Å². The quantitative estimate of drug-likeness (QED) is 0.592. The van der Waals surface area contributed by atoms with E-state index in [1.807, 2.05) is 6.20 Å². The summed E-state index contributed by atoms with van der Waals surface area (Å²) in [6, 6.07) is 2.86. The maximum atomic E-state index is 3.28. The lowest BCUT2D eigenvalue weighted by molar-refractivity contribution is 0.230. The first-order chi connectivity index (χ1) is 5.27. The number of hydrogen-bond donors (Lipinski definition) is 1. The summed E-state index contributed by atoms with van der Waals surface area (Å²) < 4.78 is 0. The predicted octanol–water partition coefficient (Wildman–Crippen LogP) is 1.39. The van der Waals surface area contributed by atoms with Gasteiger partial charge in [0.15, 0.2) is 0 Å². The van der Waals surface area contributed by atoms with Crippen molar-refractivity contribution in [1.82, 2.24) is 9.88 Å². The number of likely N-dealkylation sites (N-methyl/N-ethyl adjacent to an activating group) is 1. The molecule has 0 saturated heterocycles. The average Bonchev–Trinajstić information content (AvgIpc) is 2.36. The zero-order chi connectivity index (χ0) is 7.84. The highest BCUT2D eigenvalue weighted by Crippen LogP contribution is 2.19. The van der Waals surface area contributed by atoms with Crippen LogP contribution in [-0.4, -0.2) is 23.0 Å². The van der Waals surface area contributed by atoms with E-state index in [4.69, 9.17) is 0 Å². The van der Waals surface area contributed by atoms with Crippen molar-refractivity contribution in [2.24, 2.45) is 0 Å². The Morgan fingerprint density at radius 2 is 2.45 bits per heavy atom. The summed E-state index contributed by atoms with van der Waals surface area (Å²) in [4.78, 5) is 5.67. The summed E-state index contributed by atoms with van der Waals surface area (Å²) >= 11 is 0. The van der Waals surface area contributed by atoms with Crippen LogP contribution in [0.4, 0.5) is 0 Å². The van der Waals surface area contributed by atoms with Gasteiger partial charge in [-0.25, -0.2) is 0 Å². The van der Waals surface area contributed by atoms with Gasteiger partial charge >= 0.3 is 0 Å². The highest BCUT2D eigenvalue weighted by atomic mass is 15.1. The first-order valence-corrected chi connectivity index (χ1v) is 4.13. The van der Waals surface area contributed by atoms with E-state index in [2.05, 4.69) is 29.9 Å². The smallest absolute Gasteiger partial charge is 0.0251 e. The maximum Gasteiger partial charge on any atom is 0.0251 e. The second kappa shape index (κ2) is 2.38. The number of fused-ring (bicyclic) bond motifs is 1. The number of nitrogens with one attached hydrogen (secondary N) is 1.